The van der Waals surface area contributed by atoms with Crippen LogP contribution in [-0.2, 0) is 0 Å². The van der Waals surface area contributed by atoms with Crippen LogP contribution in [0.15, 0.2) is 49.1 Å². The van der Waals surface area contributed by atoms with E-state index in [2.05, 4.69) is 6.58 Å². The second-order valence-corrected chi connectivity index (χ2v) is 9.00. The second kappa shape index (κ2) is 9.97. The molecule has 1 unspecified atom stereocenters. The van der Waals surface area contributed by atoms with Gasteiger partial charge in [0.1, 0.15) is 0 Å². The molecule has 0 amide bonds. The van der Waals surface area contributed by atoms with E-state index in [9.17, 15) is 8.78 Å². The molecule has 0 aromatic heterocycles. The van der Waals surface area contributed by atoms with Crippen LogP contribution >= 0.6 is 0 Å². The number of rotatable bonds is 6. The van der Waals surface area contributed by atoms with Gasteiger partial charge < -0.3 is 4.74 Å². The Kier molecular flexibility index (Phi) is 7.07. The third-order valence-corrected chi connectivity index (χ3v) is 7.14. The van der Waals surface area contributed by atoms with Crippen LogP contribution in [0.1, 0.15) is 80.4 Å². The molecule has 0 bridgehead atoms. The molecule has 2 aliphatic carbocycles. The van der Waals surface area contributed by atoms with Gasteiger partial charge in [0.25, 0.3) is 0 Å². The molecule has 1 fully saturated rings. The molecule has 2 aromatic rings. The molecule has 4 heteroatoms. The summed E-state index contributed by atoms with van der Waals surface area (Å²) in [4.78, 5) is 0. The van der Waals surface area contributed by atoms with Gasteiger partial charge in [0.15, 0.2) is 23.2 Å². The van der Waals surface area contributed by atoms with Crippen LogP contribution in [0.3, 0.4) is 0 Å². The summed E-state index contributed by atoms with van der Waals surface area (Å²) in [5.74, 6) is -0.847. The van der Waals surface area contributed by atoms with E-state index in [0.717, 1.165) is 56.1 Å². The first-order chi connectivity index (χ1) is 15.5. The Morgan fingerprint density at radius 1 is 0.969 bits per heavy atom. The molecule has 0 heterocycles. The summed E-state index contributed by atoms with van der Waals surface area (Å²) in [5.41, 5.74) is 2.72. The highest BCUT2D eigenvalue weighted by atomic mass is 19.2. The van der Waals surface area contributed by atoms with Crippen molar-refractivity contribution in [3.8, 4) is 5.75 Å². The van der Waals surface area contributed by atoms with Gasteiger partial charge in [-0.1, -0.05) is 30.4 Å². The molecule has 0 N–H and O–H groups in total. The van der Waals surface area contributed by atoms with Crippen molar-refractivity contribution in [3.05, 3.63) is 83.2 Å². The third-order valence-electron chi connectivity index (χ3n) is 7.14. The number of hydrogen-bond donors (Lipinski definition) is 0. The molecule has 0 spiro atoms. The van der Waals surface area contributed by atoms with Gasteiger partial charge in [-0.05, 0) is 98.5 Å². The van der Waals surface area contributed by atoms with Crippen molar-refractivity contribution < 1.29 is 17.9 Å². The van der Waals surface area contributed by atoms with Gasteiger partial charge in [0.05, 0.1) is 6.61 Å². The molecular formula is C28H31F3O. The predicted octanol–water partition coefficient (Wildman–Crippen LogP) is 8.31. The van der Waals surface area contributed by atoms with Crippen molar-refractivity contribution >= 4 is 5.57 Å². The molecule has 2 aliphatic rings. The number of hydrogen-bond acceptors (Lipinski definition) is 1. The standard InChI is InChI=1S/C28H31F3O/c1-3-18-5-7-20(8-6-18)23-14-15-24(28(31)27(23)30)21-11-9-19(10-12-21)22-13-16-26(32-4-2)25(29)17-22/h3,7,13-19,21H,1,4-6,8-12H2,2H3. The molecule has 4 rings (SSSR count). The minimum atomic E-state index is -0.721. The van der Waals surface area contributed by atoms with Crippen molar-refractivity contribution in [1.82, 2.24) is 0 Å². The fourth-order valence-corrected chi connectivity index (χ4v) is 5.22. The first kappa shape index (κ1) is 22.7. The normalized spacial score (nSPS) is 23.5. The summed E-state index contributed by atoms with van der Waals surface area (Å²) in [7, 11) is 0. The van der Waals surface area contributed by atoms with Crippen molar-refractivity contribution in [2.24, 2.45) is 5.92 Å². The van der Waals surface area contributed by atoms with Crippen molar-refractivity contribution in [2.75, 3.05) is 6.61 Å². The van der Waals surface area contributed by atoms with Crippen LogP contribution in [0.2, 0.25) is 0 Å². The lowest BCUT2D eigenvalue weighted by Crippen LogP contribution is -2.14. The Labute approximate surface area is 189 Å². The van der Waals surface area contributed by atoms with Gasteiger partial charge in [0.2, 0.25) is 0 Å². The smallest absolute Gasteiger partial charge is 0.166 e. The Morgan fingerprint density at radius 2 is 1.72 bits per heavy atom. The highest BCUT2D eigenvalue weighted by molar-refractivity contribution is 5.67. The van der Waals surface area contributed by atoms with E-state index in [0.29, 0.717) is 23.7 Å². The second-order valence-electron chi connectivity index (χ2n) is 9.00. The van der Waals surface area contributed by atoms with E-state index < -0.39 is 11.6 Å². The Balaban J connectivity index is 1.45. The van der Waals surface area contributed by atoms with Crippen LogP contribution in [0, 0.1) is 23.4 Å². The lowest BCUT2D eigenvalue weighted by Gasteiger charge is -2.30. The van der Waals surface area contributed by atoms with E-state index in [1.807, 2.05) is 25.1 Å². The first-order valence-electron chi connectivity index (χ1n) is 11.7. The number of allylic oxidation sites excluding steroid dienone is 3. The lowest BCUT2D eigenvalue weighted by molar-refractivity contribution is 0.320. The summed E-state index contributed by atoms with van der Waals surface area (Å²) in [6, 6.07) is 8.69. The maximum absolute atomic E-state index is 15.1. The fraction of sp³-hybridized carbons (Fsp3) is 0.429. The monoisotopic (exact) mass is 440 g/mol. The zero-order valence-corrected chi connectivity index (χ0v) is 18.7. The minimum Gasteiger partial charge on any atom is -0.491 e. The minimum absolute atomic E-state index is 0.00664. The quantitative estimate of drug-likeness (QED) is 0.410. The molecule has 0 saturated heterocycles. The van der Waals surface area contributed by atoms with Crippen LogP contribution in [0.25, 0.3) is 5.57 Å². The number of benzene rings is 2. The van der Waals surface area contributed by atoms with E-state index in [-0.39, 0.29) is 23.4 Å². The molecule has 0 radical (unpaired) electrons. The van der Waals surface area contributed by atoms with E-state index in [4.69, 9.17) is 4.74 Å². The largest absolute Gasteiger partial charge is 0.491 e. The summed E-state index contributed by atoms with van der Waals surface area (Å²) in [5, 5.41) is 0. The van der Waals surface area contributed by atoms with Crippen LogP contribution in [0.5, 0.6) is 5.75 Å². The predicted molar refractivity (Wildman–Crippen MR) is 123 cm³/mol. The average molecular weight is 441 g/mol. The van der Waals surface area contributed by atoms with Crippen molar-refractivity contribution in [1.29, 1.82) is 0 Å². The Morgan fingerprint density at radius 3 is 2.34 bits per heavy atom. The van der Waals surface area contributed by atoms with Crippen LogP contribution in [0.4, 0.5) is 13.2 Å². The van der Waals surface area contributed by atoms with Crippen molar-refractivity contribution in [3.63, 3.8) is 0 Å². The lowest BCUT2D eigenvalue weighted by atomic mass is 9.75. The van der Waals surface area contributed by atoms with Gasteiger partial charge in [-0.25, -0.2) is 13.2 Å². The SMILES string of the molecule is C=CC1CC=C(c2ccc(C3CCC(c4ccc(OCC)c(F)c4)CC3)c(F)c2F)CC1. The van der Waals surface area contributed by atoms with Gasteiger partial charge in [0, 0.05) is 5.56 Å². The molecule has 1 saturated carbocycles. The maximum Gasteiger partial charge on any atom is 0.166 e. The zero-order valence-electron chi connectivity index (χ0n) is 18.7. The summed E-state index contributed by atoms with van der Waals surface area (Å²) in [6.07, 6.45) is 9.64. The number of ether oxygens (including phenoxy) is 1. The highest BCUT2D eigenvalue weighted by Gasteiger charge is 2.28. The van der Waals surface area contributed by atoms with Crippen LogP contribution in [-0.4, -0.2) is 6.61 Å². The molecule has 1 atom stereocenters. The van der Waals surface area contributed by atoms with E-state index >= 15 is 4.39 Å². The van der Waals surface area contributed by atoms with Gasteiger partial charge >= 0.3 is 0 Å². The molecule has 1 nitrogen and oxygen atoms in total. The fourth-order valence-electron chi connectivity index (χ4n) is 5.22. The average Bonchev–Trinajstić information content (AvgIpc) is 2.82. The molecule has 170 valence electrons. The number of halogens is 3. The van der Waals surface area contributed by atoms with Gasteiger partial charge in [-0.15, -0.1) is 6.58 Å². The van der Waals surface area contributed by atoms with Crippen molar-refractivity contribution in [2.45, 2.75) is 63.7 Å². The molecule has 2 aromatic carbocycles. The molecular weight excluding hydrogens is 409 g/mol. The highest BCUT2D eigenvalue weighted by Crippen LogP contribution is 2.43. The summed E-state index contributed by atoms with van der Waals surface area (Å²) >= 11 is 0. The van der Waals surface area contributed by atoms with Gasteiger partial charge in [-0.2, -0.15) is 0 Å². The third kappa shape index (κ3) is 4.65. The van der Waals surface area contributed by atoms with E-state index in [1.54, 1.807) is 24.3 Å². The maximum atomic E-state index is 15.1. The first-order valence-corrected chi connectivity index (χ1v) is 11.7. The topological polar surface area (TPSA) is 9.23 Å². The summed E-state index contributed by atoms with van der Waals surface area (Å²) in [6.45, 7) is 6.08. The molecule has 32 heavy (non-hydrogen) atoms. The Hall–Kier alpha value is -2.49. The summed E-state index contributed by atoms with van der Waals surface area (Å²) < 4.78 is 49.6. The van der Waals surface area contributed by atoms with Crippen LogP contribution < -0.4 is 4.74 Å². The Bertz CT molecular complexity index is 1000. The zero-order chi connectivity index (χ0) is 22.7. The van der Waals surface area contributed by atoms with E-state index in [1.165, 1.54) is 0 Å². The van der Waals surface area contributed by atoms with Gasteiger partial charge in [-0.3, -0.25) is 0 Å². The molecule has 0 aliphatic heterocycles.